The van der Waals surface area contributed by atoms with Crippen LogP contribution in [0.2, 0.25) is 0 Å². The van der Waals surface area contributed by atoms with E-state index in [1.54, 1.807) is 48.5 Å². The number of rotatable bonds is 9. The van der Waals surface area contributed by atoms with Gasteiger partial charge in [0.15, 0.2) is 0 Å². The van der Waals surface area contributed by atoms with Crippen LogP contribution in [0.25, 0.3) is 0 Å². The maximum Gasteiger partial charge on any atom is 0.264 e. The standard InChI is InChI=1S/C26H24N4O5S2/c1-20-7-5-9-23(17-20)30(37(34,35)25-10-3-2-4-11-25)19-26(31)28-21-12-14-24(15-13-21)36(32,33)29-22-8-6-16-27-18-22/h2-18,29H,19H2,1H3,(H,28,31). The van der Waals surface area contributed by atoms with E-state index in [0.717, 1.165) is 9.87 Å². The van der Waals surface area contributed by atoms with Crippen molar-refractivity contribution in [2.75, 3.05) is 20.9 Å². The SMILES string of the molecule is Cc1cccc(N(CC(=O)Nc2ccc(S(=O)(=O)Nc3cccnc3)cc2)S(=O)(=O)c2ccccc2)c1. The number of anilines is 3. The van der Waals surface area contributed by atoms with Crippen molar-refractivity contribution < 1.29 is 21.6 Å². The van der Waals surface area contributed by atoms with Gasteiger partial charge in [-0.25, -0.2) is 16.8 Å². The number of nitrogens with one attached hydrogen (secondary N) is 2. The molecule has 3 aromatic carbocycles. The van der Waals surface area contributed by atoms with Crippen LogP contribution in [0.4, 0.5) is 17.1 Å². The van der Waals surface area contributed by atoms with Gasteiger partial charge < -0.3 is 5.32 Å². The van der Waals surface area contributed by atoms with E-state index in [9.17, 15) is 21.6 Å². The number of carbonyl (C=O) groups is 1. The van der Waals surface area contributed by atoms with E-state index < -0.39 is 32.5 Å². The molecule has 4 rings (SSSR count). The zero-order valence-corrected chi connectivity index (χ0v) is 21.4. The number of sulfonamides is 2. The first kappa shape index (κ1) is 25.9. The number of aryl methyl sites for hydroxylation is 1. The molecule has 0 bridgehead atoms. The zero-order valence-electron chi connectivity index (χ0n) is 19.8. The molecule has 1 aromatic heterocycles. The van der Waals surface area contributed by atoms with E-state index in [1.807, 2.05) is 13.0 Å². The lowest BCUT2D eigenvalue weighted by Crippen LogP contribution is -2.38. The van der Waals surface area contributed by atoms with Gasteiger partial charge in [-0.15, -0.1) is 0 Å². The molecule has 37 heavy (non-hydrogen) atoms. The van der Waals surface area contributed by atoms with E-state index >= 15 is 0 Å². The van der Waals surface area contributed by atoms with Crippen LogP contribution in [-0.4, -0.2) is 34.3 Å². The van der Waals surface area contributed by atoms with Crippen molar-refractivity contribution in [1.29, 1.82) is 0 Å². The van der Waals surface area contributed by atoms with Crippen LogP contribution in [-0.2, 0) is 24.8 Å². The van der Waals surface area contributed by atoms with Crippen LogP contribution in [0.5, 0.6) is 0 Å². The summed E-state index contributed by atoms with van der Waals surface area (Å²) in [5, 5.41) is 2.64. The first-order chi connectivity index (χ1) is 17.6. The molecule has 1 heterocycles. The Balaban J connectivity index is 1.53. The van der Waals surface area contributed by atoms with Crippen LogP contribution in [0.1, 0.15) is 5.56 Å². The summed E-state index contributed by atoms with van der Waals surface area (Å²) in [5.74, 6) is -0.592. The summed E-state index contributed by atoms with van der Waals surface area (Å²) in [7, 11) is -7.89. The maximum atomic E-state index is 13.4. The summed E-state index contributed by atoms with van der Waals surface area (Å²) in [4.78, 5) is 16.8. The molecule has 0 atom stereocenters. The number of hydrogen-bond acceptors (Lipinski definition) is 6. The molecule has 0 aliphatic heterocycles. The van der Waals surface area contributed by atoms with Gasteiger partial charge in [0.1, 0.15) is 6.54 Å². The number of pyridine rings is 1. The lowest BCUT2D eigenvalue weighted by molar-refractivity contribution is -0.114. The van der Waals surface area contributed by atoms with Gasteiger partial charge >= 0.3 is 0 Å². The Labute approximate surface area is 215 Å². The lowest BCUT2D eigenvalue weighted by atomic mass is 10.2. The zero-order chi connectivity index (χ0) is 26.5. The van der Waals surface area contributed by atoms with Crippen molar-refractivity contribution >= 4 is 43.0 Å². The second-order valence-corrected chi connectivity index (χ2v) is 11.6. The Morgan fingerprint density at radius 3 is 2.19 bits per heavy atom. The third-order valence-corrected chi connectivity index (χ3v) is 8.46. The van der Waals surface area contributed by atoms with Crippen molar-refractivity contribution in [2.45, 2.75) is 16.7 Å². The summed E-state index contributed by atoms with van der Waals surface area (Å²) in [6.45, 7) is 1.35. The van der Waals surface area contributed by atoms with Gasteiger partial charge in [0.2, 0.25) is 5.91 Å². The molecule has 190 valence electrons. The Morgan fingerprint density at radius 2 is 1.54 bits per heavy atom. The van der Waals surface area contributed by atoms with Crippen molar-refractivity contribution in [3.05, 3.63) is 109 Å². The molecule has 0 aliphatic carbocycles. The number of amides is 1. The average molecular weight is 537 g/mol. The molecule has 1 amide bonds. The number of carbonyl (C=O) groups excluding carboxylic acids is 1. The summed E-state index contributed by atoms with van der Waals surface area (Å²) in [5.41, 5.74) is 1.81. The van der Waals surface area contributed by atoms with Crippen LogP contribution in [0.15, 0.2) is 113 Å². The molecular weight excluding hydrogens is 512 g/mol. The molecule has 0 radical (unpaired) electrons. The molecule has 0 aliphatic rings. The summed E-state index contributed by atoms with van der Waals surface area (Å²) in [6, 6.07) is 23.4. The minimum Gasteiger partial charge on any atom is -0.325 e. The Bertz CT molecular complexity index is 1590. The highest BCUT2D eigenvalue weighted by Gasteiger charge is 2.27. The van der Waals surface area contributed by atoms with E-state index in [0.29, 0.717) is 17.1 Å². The Morgan fingerprint density at radius 1 is 0.811 bits per heavy atom. The quantitative estimate of drug-likeness (QED) is 0.333. The van der Waals surface area contributed by atoms with Crippen LogP contribution in [0.3, 0.4) is 0 Å². The number of nitrogens with zero attached hydrogens (tertiary/aromatic N) is 2. The monoisotopic (exact) mass is 536 g/mol. The van der Waals surface area contributed by atoms with Crippen molar-refractivity contribution in [3.63, 3.8) is 0 Å². The fourth-order valence-electron chi connectivity index (χ4n) is 3.50. The van der Waals surface area contributed by atoms with E-state index in [2.05, 4.69) is 15.0 Å². The largest absolute Gasteiger partial charge is 0.325 e. The molecule has 9 nitrogen and oxygen atoms in total. The number of aromatic nitrogens is 1. The topological polar surface area (TPSA) is 126 Å². The first-order valence-corrected chi connectivity index (χ1v) is 14.0. The third-order valence-electron chi connectivity index (χ3n) is 5.27. The van der Waals surface area contributed by atoms with Gasteiger partial charge in [0.05, 0.1) is 27.4 Å². The fraction of sp³-hybridized carbons (Fsp3) is 0.0769. The average Bonchev–Trinajstić information content (AvgIpc) is 2.88. The normalized spacial score (nSPS) is 11.5. The molecule has 4 aromatic rings. The van der Waals surface area contributed by atoms with Crippen molar-refractivity contribution in [2.24, 2.45) is 0 Å². The summed E-state index contributed by atoms with van der Waals surface area (Å²) in [6.07, 6.45) is 2.91. The summed E-state index contributed by atoms with van der Waals surface area (Å²) < 4.78 is 55.5. The van der Waals surface area contributed by atoms with E-state index in [4.69, 9.17) is 0 Å². The van der Waals surface area contributed by atoms with E-state index in [-0.39, 0.29) is 9.79 Å². The fourth-order valence-corrected chi connectivity index (χ4v) is 5.98. The Kier molecular flexibility index (Phi) is 7.55. The van der Waals surface area contributed by atoms with E-state index in [1.165, 1.54) is 48.8 Å². The predicted octanol–water partition coefficient (Wildman–Crippen LogP) is 4.02. The lowest BCUT2D eigenvalue weighted by Gasteiger charge is -2.24. The second kappa shape index (κ2) is 10.8. The van der Waals surface area contributed by atoms with Crippen LogP contribution < -0.4 is 14.3 Å². The molecule has 0 unspecified atom stereocenters. The highest BCUT2D eigenvalue weighted by molar-refractivity contribution is 7.93. The molecule has 0 fully saturated rings. The van der Waals surface area contributed by atoms with Gasteiger partial charge in [-0.3, -0.25) is 18.8 Å². The van der Waals surface area contributed by atoms with Gasteiger partial charge in [-0.05, 0) is 73.2 Å². The van der Waals surface area contributed by atoms with Crippen molar-refractivity contribution in [1.82, 2.24) is 4.98 Å². The Hall–Kier alpha value is -4.22. The molecule has 11 heteroatoms. The predicted molar refractivity (Wildman–Crippen MR) is 142 cm³/mol. The smallest absolute Gasteiger partial charge is 0.264 e. The molecule has 0 spiro atoms. The third kappa shape index (κ3) is 6.32. The minimum absolute atomic E-state index is 0.0117. The van der Waals surface area contributed by atoms with Gasteiger partial charge in [0.25, 0.3) is 20.0 Å². The number of benzene rings is 3. The second-order valence-electron chi connectivity index (χ2n) is 8.08. The minimum atomic E-state index is -4.03. The molecular formula is C26H24N4O5S2. The molecule has 0 saturated carbocycles. The first-order valence-electron chi connectivity index (χ1n) is 11.1. The van der Waals surface area contributed by atoms with Gasteiger partial charge in [0, 0.05) is 11.9 Å². The van der Waals surface area contributed by atoms with Crippen LogP contribution in [0, 0.1) is 6.92 Å². The van der Waals surface area contributed by atoms with Gasteiger partial charge in [-0.2, -0.15) is 0 Å². The van der Waals surface area contributed by atoms with Crippen molar-refractivity contribution in [3.8, 4) is 0 Å². The summed E-state index contributed by atoms with van der Waals surface area (Å²) >= 11 is 0. The molecule has 2 N–H and O–H groups in total. The van der Waals surface area contributed by atoms with Gasteiger partial charge in [-0.1, -0.05) is 30.3 Å². The van der Waals surface area contributed by atoms with Crippen LogP contribution >= 0.6 is 0 Å². The maximum absolute atomic E-state index is 13.4. The number of hydrogen-bond donors (Lipinski definition) is 2. The highest BCUT2D eigenvalue weighted by Crippen LogP contribution is 2.25. The molecule has 0 saturated heterocycles. The highest BCUT2D eigenvalue weighted by atomic mass is 32.2.